The first kappa shape index (κ1) is 10.9. The highest BCUT2D eigenvalue weighted by atomic mass is 32.2. The lowest BCUT2D eigenvalue weighted by molar-refractivity contribution is 0.483. The fraction of sp³-hybridized carbons (Fsp3) is 0. The Hall–Kier alpha value is -1.13. The van der Waals surface area contributed by atoms with Crippen molar-refractivity contribution in [1.82, 2.24) is 0 Å². The fourth-order valence-electron chi connectivity index (χ4n) is 0.592. The molecule has 4 heteroatoms. The minimum absolute atomic E-state index is 0.0741. The average Bonchev–Trinajstić information content (AvgIpc) is 2.08. The molecule has 0 saturated heterocycles. The zero-order valence-electron chi connectivity index (χ0n) is 6.47. The molecule has 12 heavy (non-hydrogen) atoms. The highest BCUT2D eigenvalue weighted by Crippen LogP contribution is 2.05. The number of benzene rings is 1. The molecule has 0 spiro atoms. The second-order valence-corrected chi connectivity index (χ2v) is 3.21. The van der Waals surface area contributed by atoms with Crippen LogP contribution in [0.2, 0.25) is 0 Å². The van der Waals surface area contributed by atoms with E-state index in [4.69, 9.17) is 4.55 Å². The summed E-state index contributed by atoms with van der Waals surface area (Å²) in [6.07, 6.45) is 0. The van der Waals surface area contributed by atoms with Crippen LogP contribution < -0.4 is 0 Å². The van der Waals surface area contributed by atoms with Gasteiger partial charge in [-0.3, -0.25) is 4.55 Å². The highest BCUT2D eigenvalue weighted by molar-refractivity contribution is 7.85. The molecule has 0 aromatic heterocycles. The summed E-state index contributed by atoms with van der Waals surface area (Å²) in [4.78, 5) is -0.0741. The Balaban J connectivity index is 0.000000561. The standard InChI is InChI=1S/C6H6O3S.C2H4/c7-10(8,9)6-4-2-1-3-5-6;1-2/h1-5H,(H,7,8,9);1-2H2. The molecule has 0 aliphatic heterocycles. The van der Waals surface area contributed by atoms with Crippen molar-refractivity contribution in [2.75, 3.05) is 0 Å². The van der Waals surface area contributed by atoms with Crippen molar-refractivity contribution in [3.05, 3.63) is 43.5 Å². The van der Waals surface area contributed by atoms with Crippen LogP contribution in [0.4, 0.5) is 0 Å². The molecule has 1 aromatic rings. The lowest BCUT2D eigenvalue weighted by atomic mass is 10.4. The Labute approximate surface area is 72.1 Å². The predicted octanol–water partition coefficient (Wildman–Crippen LogP) is 1.74. The predicted molar refractivity (Wildman–Crippen MR) is 47.5 cm³/mol. The van der Waals surface area contributed by atoms with Gasteiger partial charge in [0, 0.05) is 0 Å². The van der Waals surface area contributed by atoms with Crippen LogP contribution in [0.15, 0.2) is 48.4 Å². The Morgan fingerprint density at radius 2 is 1.50 bits per heavy atom. The molecule has 1 N–H and O–H groups in total. The molecule has 0 atom stereocenters. The largest absolute Gasteiger partial charge is 0.294 e. The fourth-order valence-corrected chi connectivity index (χ4v) is 1.09. The average molecular weight is 186 g/mol. The van der Waals surface area contributed by atoms with Gasteiger partial charge in [0.15, 0.2) is 0 Å². The maximum absolute atomic E-state index is 10.4. The summed E-state index contributed by atoms with van der Waals surface area (Å²) < 4.78 is 29.2. The van der Waals surface area contributed by atoms with Crippen molar-refractivity contribution in [3.63, 3.8) is 0 Å². The minimum atomic E-state index is -4.00. The van der Waals surface area contributed by atoms with Gasteiger partial charge < -0.3 is 0 Å². The monoisotopic (exact) mass is 186 g/mol. The smallest absolute Gasteiger partial charge is 0.282 e. The maximum Gasteiger partial charge on any atom is 0.294 e. The van der Waals surface area contributed by atoms with Gasteiger partial charge in [-0.1, -0.05) is 18.2 Å². The summed E-state index contributed by atoms with van der Waals surface area (Å²) in [5, 5.41) is 0. The first-order valence-corrected chi connectivity index (χ1v) is 4.57. The second kappa shape index (κ2) is 4.69. The maximum atomic E-state index is 10.4. The van der Waals surface area contributed by atoms with Gasteiger partial charge >= 0.3 is 0 Å². The molecule has 0 radical (unpaired) electrons. The van der Waals surface area contributed by atoms with Crippen LogP contribution in [-0.2, 0) is 10.1 Å². The number of hydrogen-bond acceptors (Lipinski definition) is 2. The van der Waals surface area contributed by atoms with Crippen LogP contribution in [0.1, 0.15) is 0 Å². The van der Waals surface area contributed by atoms with Gasteiger partial charge in [0.05, 0.1) is 4.90 Å². The van der Waals surface area contributed by atoms with Gasteiger partial charge in [0.25, 0.3) is 10.1 Å². The summed E-state index contributed by atoms with van der Waals surface area (Å²) in [5.74, 6) is 0. The van der Waals surface area contributed by atoms with Crippen molar-refractivity contribution in [2.45, 2.75) is 4.90 Å². The number of rotatable bonds is 1. The summed E-state index contributed by atoms with van der Waals surface area (Å²) in [5.41, 5.74) is 0. The van der Waals surface area contributed by atoms with Crippen molar-refractivity contribution < 1.29 is 13.0 Å². The van der Waals surface area contributed by atoms with Gasteiger partial charge in [0.1, 0.15) is 0 Å². The molecular formula is C8H10O3S. The van der Waals surface area contributed by atoms with E-state index in [1.807, 2.05) is 0 Å². The van der Waals surface area contributed by atoms with Gasteiger partial charge in [-0.05, 0) is 12.1 Å². The van der Waals surface area contributed by atoms with E-state index >= 15 is 0 Å². The van der Waals surface area contributed by atoms with E-state index in [9.17, 15) is 8.42 Å². The minimum Gasteiger partial charge on any atom is -0.282 e. The lowest BCUT2D eigenvalue weighted by Gasteiger charge is -1.92. The molecule has 0 bridgehead atoms. The molecule has 0 saturated carbocycles. The number of hydrogen-bond donors (Lipinski definition) is 1. The van der Waals surface area contributed by atoms with Crippen LogP contribution in [0.3, 0.4) is 0 Å². The molecule has 3 nitrogen and oxygen atoms in total. The van der Waals surface area contributed by atoms with Gasteiger partial charge in [0.2, 0.25) is 0 Å². The van der Waals surface area contributed by atoms with Crippen molar-refractivity contribution in [1.29, 1.82) is 0 Å². The van der Waals surface area contributed by atoms with Gasteiger partial charge in [-0.2, -0.15) is 8.42 Å². The van der Waals surface area contributed by atoms with Gasteiger partial charge in [-0.25, -0.2) is 0 Å². The Kier molecular flexibility index (Phi) is 4.25. The Morgan fingerprint density at radius 1 is 1.08 bits per heavy atom. The SMILES string of the molecule is C=C.O=S(=O)(O)c1ccccc1. The molecule has 0 amide bonds. The van der Waals surface area contributed by atoms with Crippen LogP contribution >= 0.6 is 0 Å². The molecule has 0 aliphatic rings. The first-order valence-electron chi connectivity index (χ1n) is 3.13. The first-order chi connectivity index (χ1) is 5.61. The van der Waals surface area contributed by atoms with E-state index in [2.05, 4.69) is 13.2 Å². The third-order valence-electron chi connectivity index (χ3n) is 1.04. The van der Waals surface area contributed by atoms with Crippen LogP contribution in [-0.4, -0.2) is 13.0 Å². The zero-order chi connectivity index (χ0) is 9.61. The third kappa shape index (κ3) is 3.32. The normalized spacial score (nSPS) is 9.75. The van der Waals surface area contributed by atoms with E-state index in [0.717, 1.165) is 0 Å². The zero-order valence-corrected chi connectivity index (χ0v) is 7.29. The van der Waals surface area contributed by atoms with E-state index in [-0.39, 0.29) is 4.90 Å². The third-order valence-corrected chi connectivity index (χ3v) is 1.91. The molecule has 0 fully saturated rings. The molecule has 0 aliphatic carbocycles. The summed E-state index contributed by atoms with van der Waals surface area (Å²) in [6.45, 7) is 6.00. The van der Waals surface area contributed by atoms with Crippen LogP contribution in [0, 0.1) is 0 Å². The second-order valence-electron chi connectivity index (χ2n) is 1.79. The van der Waals surface area contributed by atoms with E-state index < -0.39 is 10.1 Å². The van der Waals surface area contributed by atoms with Gasteiger partial charge in [-0.15, -0.1) is 13.2 Å². The Bertz CT molecular complexity index is 315. The van der Waals surface area contributed by atoms with E-state index in [1.165, 1.54) is 12.1 Å². The molecule has 66 valence electrons. The van der Waals surface area contributed by atoms with Crippen molar-refractivity contribution in [3.8, 4) is 0 Å². The Morgan fingerprint density at radius 3 is 1.75 bits per heavy atom. The molecular weight excluding hydrogens is 176 g/mol. The molecule has 1 rings (SSSR count). The van der Waals surface area contributed by atoms with E-state index in [1.54, 1.807) is 18.2 Å². The summed E-state index contributed by atoms with van der Waals surface area (Å²) >= 11 is 0. The van der Waals surface area contributed by atoms with Crippen LogP contribution in [0.25, 0.3) is 0 Å². The molecule has 1 aromatic carbocycles. The summed E-state index contributed by atoms with van der Waals surface area (Å²) in [7, 11) is -4.00. The molecule has 0 heterocycles. The lowest BCUT2D eigenvalue weighted by Crippen LogP contribution is -1.96. The molecule has 0 unspecified atom stereocenters. The van der Waals surface area contributed by atoms with E-state index in [0.29, 0.717) is 0 Å². The summed E-state index contributed by atoms with van der Waals surface area (Å²) in [6, 6.07) is 7.42. The quantitative estimate of drug-likeness (QED) is 0.537. The highest BCUT2D eigenvalue weighted by Gasteiger charge is 2.05. The van der Waals surface area contributed by atoms with Crippen LogP contribution in [0.5, 0.6) is 0 Å². The topological polar surface area (TPSA) is 54.4 Å². The van der Waals surface area contributed by atoms with Crippen molar-refractivity contribution >= 4 is 10.1 Å². The van der Waals surface area contributed by atoms with Crippen molar-refractivity contribution in [2.24, 2.45) is 0 Å².